The number of carbonyl (C=O) groups excluding carboxylic acids is 1. The van der Waals surface area contributed by atoms with Gasteiger partial charge in [0.2, 0.25) is 0 Å². The maximum Gasteiger partial charge on any atom is 0.267 e. The van der Waals surface area contributed by atoms with E-state index in [1.54, 1.807) is 18.2 Å². The first-order chi connectivity index (χ1) is 13.9. The monoisotopic (exact) mass is 460 g/mol. The van der Waals surface area contributed by atoms with E-state index >= 15 is 0 Å². The molecule has 29 heavy (non-hydrogen) atoms. The summed E-state index contributed by atoms with van der Waals surface area (Å²) >= 11 is 15.1. The van der Waals surface area contributed by atoms with E-state index in [0.29, 0.717) is 31.1 Å². The number of thiophene rings is 1. The summed E-state index contributed by atoms with van der Waals surface area (Å²) in [5, 5.41) is 1.74. The number of hydrogen-bond acceptors (Lipinski definition) is 5. The molecule has 0 amide bonds. The summed E-state index contributed by atoms with van der Waals surface area (Å²) < 4.78 is 1.45. The Balaban J connectivity index is 1.96. The highest BCUT2D eigenvalue weighted by atomic mass is 35.5. The number of Topliss-reactive ketones (excluding diaryl/α,β-unsaturated/α-hetero) is 1. The van der Waals surface area contributed by atoms with Crippen LogP contribution in [0.3, 0.4) is 0 Å². The van der Waals surface area contributed by atoms with Crippen LogP contribution in [0, 0.1) is 0 Å². The van der Waals surface area contributed by atoms with Gasteiger partial charge in [0.05, 0.1) is 21.8 Å². The summed E-state index contributed by atoms with van der Waals surface area (Å²) in [6, 6.07) is 16.6. The number of fused-ring (bicyclic) bond motifs is 1. The first-order valence-electron chi connectivity index (χ1n) is 8.63. The number of nitrogens with zero attached hydrogens (tertiary/aromatic N) is 2. The molecule has 8 heteroatoms. The van der Waals surface area contributed by atoms with Gasteiger partial charge in [-0.2, -0.15) is 0 Å². The molecule has 0 unspecified atom stereocenters. The average molecular weight is 461 g/mol. The molecule has 0 aliphatic heterocycles. The number of thioether (sulfide) groups is 1. The summed E-state index contributed by atoms with van der Waals surface area (Å²) in [7, 11) is 0. The second kappa shape index (κ2) is 8.32. The molecule has 4 rings (SSSR count). The molecule has 0 saturated carbocycles. The third kappa shape index (κ3) is 4.12. The van der Waals surface area contributed by atoms with Gasteiger partial charge in [-0.15, -0.1) is 11.3 Å². The van der Waals surface area contributed by atoms with Crippen molar-refractivity contribution >= 4 is 62.3 Å². The lowest BCUT2D eigenvalue weighted by Gasteiger charge is -2.13. The van der Waals surface area contributed by atoms with Crippen LogP contribution in [0.5, 0.6) is 0 Å². The molecule has 0 atom stereocenters. The van der Waals surface area contributed by atoms with Crippen LogP contribution in [0.1, 0.15) is 6.92 Å². The molecule has 0 N–H and O–H groups in total. The summed E-state index contributed by atoms with van der Waals surface area (Å²) in [6.07, 6.45) is 0. The van der Waals surface area contributed by atoms with Crippen molar-refractivity contribution in [2.75, 3.05) is 5.75 Å². The van der Waals surface area contributed by atoms with Crippen molar-refractivity contribution in [3.63, 3.8) is 0 Å². The number of carbonyl (C=O) groups is 1. The number of hydrogen-bond donors (Lipinski definition) is 0. The zero-order valence-electron chi connectivity index (χ0n) is 15.2. The van der Waals surface area contributed by atoms with Crippen LogP contribution in [0.15, 0.2) is 64.5 Å². The number of aromatic nitrogens is 2. The molecule has 4 nitrogen and oxygen atoms in total. The van der Waals surface area contributed by atoms with Crippen LogP contribution in [-0.4, -0.2) is 21.1 Å². The number of rotatable bonds is 5. The van der Waals surface area contributed by atoms with Crippen LogP contribution in [0.4, 0.5) is 0 Å². The maximum atomic E-state index is 13.4. The molecule has 0 saturated heterocycles. The SMILES string of the molecule is CC(=O)CSc1nc2sc(-c3ccccc3)cc2c(=O)n1-c1ccc(Cl)cc1Cl. The Bertz CT molecular complexity index is 1280. The van der Waals surface area contributed by atoms with Crippen molar-refractivity contribution in [3.8, 4) is 16.1 Å². The zero-order chi connectivity index (χ0) is 20.5. The number of benzene rings is 2. The van der Waals surface area contributed by atoms with E-state index in [9.17, 15) is 9.59 Å². The molecule has 2 heterocycles. The van der Waals surface area contributed by atoms with E-state index in [2.05, 4.69) is 0 Å². The van der Waals surface area contributed by atoms with Gasteiger partial charge >= 0.3 is 0 Å². The van der Waals surface area contributed by atoms with Gasteiger partial charge < -0.3 is 0 Å². The lowest BCUT2D eigenvalue weighted by atomic mass is 10.2. The molecular formula is C21H14Cl2N2O2S2. The van der Waals surface area contributed by atoms with Crippen molar-refractivity contribution in [3.05, 3.63) is 75.0 Å². The van der Waals surface area contributed by atoms with Crippen LogP contribution in [0.25, 0.3) is 26.3 Å². The van der Waals surface area contributed by atoms with Gasteiger partial charge in [-0.25, -0.2) is 4.98 Å². The van der Waals surface area contributed by atoms with Gasteiger partial charge in [0.25, 0.3) is 5.56 Å². The molecule has 146 valence electrons. The van der Waals surface area contributed by atoms with Crippen molar-refractivity contribution in [2.45, 2.75) is 12.1 Å². The quantitative estimate of drug-likeness (QED) is 0.266. The highest BCUT2D eigenvalue weighted by Gasteiger charge is 2.18. The Hall–Kier alpha value is -2.12. The number of ketones is 1. The van der Waals surface area contributed by atoms with E-state index < -0.39 is 0 Å². The molecule has 0 aliphatic rings. The summed E-state index contributed by atoms with van der Waals surface area (Å²) in [5.74, 6) is 0.203. The van der Waals surface area contributed by atoms with Crippen LogP contribution in [-0.2, 0) is 4.79 Å². The molecule has 0 aliphatic carbocycles. The van der Waals surface area contributed by atoms with Gasteiger partial charge in [-0.05, 0) is 36.8 Å². The minimum absolute atomic E-state index is 0.00532. The van der Waals surface area contributed by atoms with Gasteiger partial charge in [0.15, 0.2) is 5.16 Å². The average Bonchev–Trinajstić information content (AvgIpc) is 3.13. The van der Waals surface area contributed by atoms with E-state index in [4.69, 9.17) is 28.2 Å². The second-order valence-electron chi connectivity index (χ2n) is 6.32. The molecule has 2 aromatic heterocycles. The van der Waals surface area contributed by atoms with Crippen molar-refractivity contribution in [2.24, 2.45) is 0 Å². The zero-order valence-corrected chi connectivity index (χ0v) is 18.3. The summed E-state index contributed by atoms with van der Waals surface area (Å²) in [5.41, 5.74) is 1.27. The Morgan fingerprint density at radius 3 is 2.59 bits per heavy atom. The van der Waals surface area contributed by atoms with Gasteiger partial charge in [0.1, 0.15) is 10.6 Å². The molecule has 0 fully saturated rings. The molecule has 4 aromatic rings. The minimum atomic E-state index is -0.233. The Labute approximate surface area is 185 Å². The predicted molar refractivity (Wildman–Crippen MR) is 122 cm³/mol. The van der Waals surface area contributed by atoms with Gasteiger partial charge in [-0.1, -0.05) is 65.3 Å². The van der Waals surface area contributed by atoms with Gasteiger partial charge in [-0.3, -0.25) is 14.2 Å². The van der Waals surface area contributed by atoms with E-state index in [0.717, 1.165) is 10.4 Å². The van der Waals surface area contributed by atoms with Crippen LogP contribution >= 0.6 is 46.3 Å². The molecule has 2 aromatic carbocycles. The van der Waals surface area contributed by atoms with Crippen LogP contribution < -0.4 is 5.56 Å². The fourth-order valence-corrected chi connectivity index (χ4v) is 5.22. The van der Waals surface area contributed by atoms with E-state index in [1.807, 2.05) is 36.4 Å². The maximum absolute atomic E-state index is 13.4. The van der Waals surface area contributed by atoms with Crippen molar-refractivity contribution in [1.29, 1.82) is 0 Å². The van der Waals surface area contributed by atoms with Crippen molar-refractivity contribution in [1.82, 2.24) is 9.55 Å². The highest BCUT2D eigenvalue weighted by molar-refractivity contribution is 7.99. The first kappa shape index (κ1) is 20.2. The largest absolute Gasteiger partial charge is 0.299 e. The van der Waals surface area contributed by atoms with Crippen LogP contribution in [0.2, 0.25) is 10.0 Å². The Morgan fingerprint density at radius 2 is 1.90 bits per heavy atom. The lowest BCUT2D eigenvalue weighted by Crippen LogP contribution is -2.21. The summed E-state index contributed by atoms with van der Waals surface area (Å²) in [6.45, 7) is 1.50. The third-order valence-electron chi connectivity index (χ3n) is 4.15. The van der Waals surface area contributed by atoms with E-state index in [1.165, 1.54) is 34.6 Å². The normalized spacial score (nSPS) is 11.1. The fourth-order valence-electron chi connectivity index (χ4n) is 2.84. The standard InChI is InChI=1S/C21H14Cl2N2O2S2/c1-12(26)11-28-21-24-19-15(10-18(29-19)13-5-3-2-4-6-13)20(27)25(21)17-8-7-14(22)9-16(17)23/h2-10H,11H2,1H3. The van der Waals surface area contributed by atoms with E-state index in [-0.39, 0.29) is 17.1 Å². The Morgan fingerprint density at radius 1 is 1.14 bits per heavy atom. The smallest absolute Gasteiger partial charge is 0.267 e. The number of halogens is 2. The lowest BCUT2D eigenvalue weighted by molar-refractivity contribution is -0.114. The fraction of sp³-hybridized carbons (Fsp3) is 0.0952. The second-order valence-corrected chi connectivity index (χ2v) is 9.13. The molecule has 0 bridgehead atoms. The third-order valence-corrected chi connectivity index (χ3v) is 6.85. The molecule has 0 radical (unpaired) electrons. The van der Waals surface area contributed by atoms with Gasteiger partial charge in [0, 0.05) is 9.90 Å². The molecular weight excluding hydrogens is 447 g/mol. The molecule has 0 spiro atoms. The predicted octanol–water partition coefficient (Wildman–Crippen LogP) is 6.10. The topological polar surface area (TPSA) is 52.0 Å². The Kier molecular flexibility index (Phi) is 5.79. The summed E-state index contributed by atoms with van der Waals surface area (Å²) in [4.78, 5) is 31.2. The highest BCUT2D eigenvalue weighted by Crippen LogP contribution is 2.34. The van der Waals surface area contributed by atoms with Crippen molar-refractivity contribution < 1.29 is 4.79 Å². The first-order valence-corrected chi connectivity index (χ1v) is 11.2. The minimum Gasteiger partial charge on any atom is -0.299 e.